The lowest BCUT2D eigenvalue weighted by atomic mass is 10.1. The Bertz CT molecular complexity index is 192. The van der Waals surface area contributed by atoms with Gasteiger partial charge >= 0.3 is 0 Å². The molecular weight excluding hydrogens is 320 g/mol. The van der Waals surface area contributed by atoms with Crippen LogP contribution in [-0.2, 0) is 0 Å². The van der Waals surface area contributed by atoms with Crippen molar-refractivity contribution in [1.82, 2.24) is 0 Å². The highest BCUT2D eigenvalue weighted by Gasteiger charge is 1.95. The van der Waals surface area contributed by atoms with Crippen LogP contribution in [0, 0.1) is 0 Å². The van der Waals surface area contributed by atoms with Crippen molar-refractivity contribution in [2.24, 2.45) is 0 Å². The number of rotatable bonds is 22. The van der Waals surface area contributed by atoms with Gasteiger partial charge in [-0.1, -0.05) is 129 Å². The second-order valence-electron chi connectivity index (χ2n) is 7.98. The monoisotopic (exact) mass is 370 g/mol. The van der Waals surface area contributed by atoms with Crippen LogP contribution >= 0.6 is 11.8 Å². The van der Waals surface area contributed by atoms with E-state index in [-0.39, 0.29) is 0 Å². The fourth-order valence-electron chi connectivity index (χ4n) is 3.49. The Morgan fingerprint density at radius 3 is 0.840 bits per heavy atom. The molecule has 0 aromatic heterocycles. The van der Waals surface area contributed by atoms with Crippen molar-refractivity contribution in [3.63, 3.8) is 0 Å². The Labute approximate surface area is 165 Å². The molecule has 0 aromatic carbocycles. The molecule has 0 aliphatic rings. The van der Waals surface area contributed by atoms with Crippen molar-refractivity contribution in [2.45, 2.75) is 142 Å². The first kappa shape index (κ1) is 25.4. The number of thioether (sulfide) groups is 1. The standard InChI is InChI=1S/C24H50S/c1-3-5-7-9-11-13-14-16-18-20-22-24-25-23-21-19-17-15-12-10-8-6-4-2/h3-24H2,1-2H3. The van der Waals surface area contributed by atoms with E-state index in [0.29, 0.717) is 0 Å². The van der Waals surface area contributed by atoms with Crippen LogP contribution < -0.4 is 0 Å². The van der Waals surface area contributed by atoms with Crippen LogP contribution in [0.2, 0.25) is 0 Å². The first-order valence-corrected chi connectivity index (χ1v) is 13.1. The number of hydrogen-bond acceptors (Lipinski definition) is 1. The molecule has 0 unspecified atom stereocenters. The summed E-state index contributed by atoms with van der Waals surface area (Å²) in [6, 6.07) is 0. The maximum Gasteiger partial charge on any atom is -0.00675 e. The molecule has 0 amide bonds. The van der Waals surface area contributed by atoms with E-state index in [2.05, 4.69) is 25.6 Å². The SMILES string of the molecule is CCCCCCCCCCCCCSCCCCCCCCCCC. The third kappa shape index (κ3) is 24.4. The van der Waals surface area contributed by atoms with Gasteiger partial charge < -0.3 is 0 Å². The first-order chi connectivity index (χ1) is 12.4. The van der Waals surface area contributed by atoms with Crippen molar-refractivity contribution in [3.8, 4) is 0 Å². The summed E-state index contributed by atoms with van der Waals surface area (Å²) in [6.45, 7) is 4.60. The van der Waals surface area contributed by atoms with Gasteiger partial charge in [-0.15, -0.1) is 0 Å². The van der Waals surface area contributed by atoms with E-state index in [0.717, 1.165) is 0 Å². The van der Waals surface area contributed by atoms with Crippen molar-refractivity contribution in [1.29, 1.82) is 0 Å². The van der Waals surface area contributed by atoms with Crippen molar-refractivity contribution >= 4 is 11.8 Å². The first-order valence-electron chi connectivity index (χ1n) is 12.0. The van der Waals surface area contributed by atoms with Gasteiger partial charge in [-0.05, 0) is 24.3 Å². The molecule has 25 heavy (non-hydrogen) atoms. The van der Waals surface area contributed by atoms with Crippen LogP contribution in [0.3, 0.4) is 0 Å². The molecular formula is C24H50S. The molecule has 0 heterocycles. The number of unbranched alkanes of at least 4 members (excludes halogenated alkanes) is 18. The molecule has 0 aliphatic carbocycles. The van der Waals surface area contributed by atoms with E-state index >= 15 is 0 Å². The van der Waals surface area contributed by atoms with Gasteiger partial charge in [0.1, 0.15) is 0 Å². The molecule has 152 valence electrons. The quantitative estimate of drug-likeness (QED) is 0.171. The van der Waals surface area contributed by atoms with Gasteiger partial charge in [-0.3, -0.25) is 0 Å². The molecule has 0 aromatic rings. The fraction of sp³-hybridized carbons (Fsp3) is 1.00. The van der Waals surface area contributed by atoms with Crippen molar-refractivity contribution in [3.05, 3.63) is 0 Å². The third-order valence-corrected chi connectivity index (χ3v) is 6.44. The van der Waals surface area contributed by atoms with Crippen LogP contribution in [0.4, 0.5) is 0 Å². The van der Waals surface area contributed by atoms with E-state index in [4.69, 9.17) is 0 Å². The highest BCUT2D eigenvalue weighted by Crippen LogP contribution is 2.15. The zero-order valence-electron chi connectivity index (χ0n) is 18.0. The largest absolute Gasteiger partial charge is 0.162 e. The zero-order chi connectivity index (χ0) is 18.3. The Balaban J connectivity index is 2.94. The van der Waals surface area contributed by atoms with Crippen molar-refractivity contribution in [2.75, 3.05) is 11.5 Å². The molecule has 0 rings (SSSR count). The summed E-state index contributed by atoms with van der Waals surface area (Å²) in [6.07, 6.45) is 29.2. The second kappa shape index (κ2) is 24.4. The summed E-state index contributed by atoms with van der Waals surface area (Å²) in [5.41, 5.74) is 0. The molecule has 0 radical (unpaired) electrons. The van der Waals surface area contributed by atoms with Crippen molar-refractivity contribution < 1.29 is 0 Å². The molecule has 1 heteroatoms. The smallest absolute Gasteiger partial charge is 0.00675 e. The summed E-state index contributed by atoms with van der Waals surface area (Å²) < 4.78 is 0. The van der Waals surface area contributed by atoms with Gasteiger partial charge in [-0.25, -0.2) is 0 Å². The molecule has 0 N–H and O–H groups in total. The molecule has 0 spiro atoms. The molecule has 0 nitrogen and oxygen atoms in total. The lowest BCUT2D eigenvalue weighted by Gasteiger charge is -2.04. The van der Waals surface area contributed by atoms with Crippen LogP contribution in [-0.4, -0.2) is 11.5 Å². The van der Waals surface area contributed by atoms with Gasteiger partial charge in [0.25, 0.3) is 0 Å². The lowest BCUT2D eigenvalue weighted by Crippen LogP contribution is -1.87. The van der Waals surface area contributed by atoms with Gasteiger partial charge in [0.15, 0.2) is 0 Å². The van der Waals surface area contributed by atoms with Crippen LogP contribution in [0.5, 0.6) is 0 Å². The molecule has 0 bridgehead atoms. The Morgan fingerprint density at radius 1 is 0.320 bits per heavy atom. The summed E-state index contributed by atoms with van der Waals surface area (Å²) in [5, 5.41) is 0. The van der Waals surface area contributed by atoms with Gasteiger partial charge in [-0.2, -0.15) is 11.8 Å². The Hall–Kier alpha value is 0.350. The minimum Gasteiger partial charge on any atom is -0.162 e. The van der Waals surface area contributed by atoms with Gasteiger partial charge in [0.05, 0.1) is 0 Å². The summed E-state index contributed by atoms with van der Waals surface area (Å²) in [7, 11) is 0. The van der Waals surface area contributed by atoms with Crippen LogP contribution in [0.1, 0.15) is 142 Å². The Kier molecular flexibility index (Phi) is 24.7. The fourth-order valence-corrected chi connectivity index (χ4v) is 4.51. The molecule has 0 aliphatic heterocycles. The second-order valence-corrected chi connectivity index (χ2v) is 9.20. The molecule has 0 fully saturated rings. The zero-order valence-corrected chi connectivity index (χ0v) is 18.8. The van der Waals surface area contributed by atoms with E-state index in [1.807, 2.05) is 0 Å². The predicted octanol–water partition coefficient (Wildman–Crippen LogP) is 9.56. The Morgan fingerprint density at radius 2 is 0.560 bits per heavy atom. The summed E-state index contributed by atoms with van der Waals surface area (Å²) in [5.74, 6) is 2.82. The van der Waals surface area contributed by atoms with Gasteiger partial charge in [0, 0.05) is 0 Å². The summed E-state index contributed by atoms with van der Waals surface area (Å²) in [4.78, 5) is 0. The topological polar surface area (TPSA) is 0 Å². The van der Waals surface area contributed by atoms with Crippen LogP contribution in [0.25, 0.3) is 0 Å². The minimum atomic E-state index is 1.37. The average molecular weight is 371 g/mol. The van der Waals surface area contributed by atoms with E-state index < -0.39 is 0 Å². The molecule has 0 saturated carbocycles. The molecule has 0 atom stereocenters. The average Bonchev–Trinajstić information content (AvgIpc) is 2.63. The maximum absolute atomic E-state index is 2.30. The number of hydrogen-bond donors (Lipinski definition) is 0. The normalized spacial score (nSPS) is 11.3. The minimum absolute atomic E-state index is 1.37. The van der Waals surface area contributed by atoms with E-state index in [1.54, 1.807) is 0 Å². The van der Waals surface area contributed by atoms with E-state index in [1.165, 1.54) is 140 Å². The molecule has 0 saturated heterocycles. The van der Waals surface area contributed by atoms with Crippen LogP contribution in [0.15, 0.2) is 0 Å². The maximum atomic E-state index is 2.30. The third-order valence-electron chi connectivity index (χ3n) is 5.28. The lowest BCUT2D eigenvalue weighted by molar-refractivity contribution is 0.555. The predicted molar refractivity (Wildman–Crippen MR) is 121 cm³/mol. The summed E-state index contributed by atoms with van der Waals surface area (Å²) >= 11 is 2.21. The highest BCUT2D eigenvalue weighted by molar-refractivity contribution is 7.99. The van der Waals surface area contributed by atoms with Gasteiger partial charge in [0.2, 0.25) is 0 Å². The van der Waals surface area contributed by atoms with E-state index in [9.17, 15) is 0 Å². The highest BCUT2D eigenvalue weighted by atomic mass is 32.2.